The third kappa shape index (κ3) is 4.03. The van der Waals surface area contributed by atoms with Gasteiger partial charge in [0.25, 0.3) is 0 Å². The summed E-state index contributed by atoms with van der Waals surface area (Å²) in [5.41, 5.74) is 1.95. The maximum Gasteiger partial charge on any atom is 0.339 e. The molecule has 1 heterocycles. The molecule has 0 radical (unpaired) electrons. The first-order valence-corrected chi connectivity index (χ1v) is 6.54. The van der Waals surface area contributed by atoms with Crippen LogP contribution >= 0.6 is 0 Å². The second-order valence-electron chi connectivity index (χ2n) is 4.56. The summed E-state index contributed by atoms with van der Waals surface area (Å²) < 4.78 is 10.2. The van der Waals surface area contributed by atoms with Gasteiger partial charge in [0, 0.05) is 6.20 Å². The number of hydrogen-bond acceptors (Lipinski definition) is 5. The summed E-state index contributed by atoms with van der Waals surface area (Å²) in [5.74, 6) is 0.280. The molecule has 1 N–H and O–H groups in total. The Kier molecular flexibility index (Phi) is 4.90. The summed E-state index contributed by atoms with van der Waals surface area (Å²) >= 11 is 0. The van der Waals surface area contributed by atoms with Crippen molar-refractivity contribution in [3.8, 4) is 5.75 Å². The molecule has 0 aliphatic rings. The van der Waals surface area contributed by atoms with Crippen LogP contribution in [0.3, 0.4) is 0 Å². The van der Waals surface area contributed by atoms with Crippen LogP contribution in [0, 0.1) is 0 Å². The zero-order valence-corrected chi connectivity index (χ0v) is 11.9. The van der Waals surface area contributed by atoms with E-state index in [1.165, 1.54) is 13.3 Å². The molecule has 0 fully saturated rings. The number of hydrogen-bond donors (Lipinski definition) is 1. The molecule has 0 saturated heterocycles. The summed E-state index contributed by atoms with van der Waals surface area (Å²) in [7, 11) is 1.33. The highest BCUT2D eigenvalue weighted by Crippen LogP contribution is 2.18. The minimum atomic E-state index is -0.494. The highest BCUT2D eigenvalue weighted by atomic mass is 16.5. The van der Waals surface area contributed by atoms with E-state index in [9.17, 15) is 9.90 Å². The molecule has 5 nitrogen and oxygen atoms in total. The Morgan fingerprint density at radius 3 is 2.48 bits per heavy atom. The lowest BCUT2D eigenvalue weighted by Gasteiger charge is -2.08. The number of aliphatic hydroxyl groups excluding tert-OH is 1. The van der Waals surface area contributed by atoms with Crippen LogP contribution in [-0.2, 0) is 11.3 Å². The molecule has 2 aromatic rings. The Hall–Kier alpha value is -2.40. The molecule has 110 valence electrons. The first-order valence-electron chi connectivity index (χ1n) is 6.54. The summed E-state index contributed by atoms with van der Waals surface area (Å²) in [5, 5.41) is 9.43. The predicted octanol–water partition coefficient (Wildman–Crippen LogP) is 2.50. The van der Waals surface area contributed by atoms with Gasteiger partial charge in [0.05, 0.1) is 24.5 Å². The Balaban J connectivity index is 1.95. The molecule has 0 saturated carbocycles. The highest BCUT2D eigenvalue weighted by Gasteiger charge is 2.06. The van der Waals surface area contributed by atoms with Gasteiger partial charge in [-0.2, -0.15) is 0 Å². The van der Waals surface area contributed by atoms with Crippen molar-refractivity contribution in [1.29, 1.82) is 0 Å². The molecule has 2 rings (SSSR count). The van der Waals surface area contributed by atoms with Crippen LogP contribution in [0.2, 0.25) is 0 Å². The molecular formula is C16H17NO4. The molecule has 0 amide bonds. The van der Waals surface area contributed by atoms with Gasteiger partial charge in [-0.25, -0.2) is 4.79 Å². The van der Waals surface area contributed by atoms with Gasteiger partial charge >= 0.3 is 5.97 Å². The van der Waals surface area contributed by atoms with Crippen molar-refractivity contribution in [2.75, 3.05) is 7.11 Å². The van der Waals surface area contributed by atoms with Gasteiger partial charge in [-0.05, 0) is 36.8 Å². The zero-order valence-electron chi connectivity index (χ0n) is 11.9. The number of esters is 1. The SMILES string of the molecule is COC(=O)c1ccc(COc2ccc([C@@H](C)O)cc2)nc1. The standard InChI is InChI=1S/C16H17NO4/c1-11(18)12-4-7-15(8-5-12)21-10-14-6-3-13(9-17-14)16(19)20-2/h3-9,11,18H,10H2,1-2H3/t11-/m1/s1. The molecule has 1 aromatic carbocycles. The number of benzene rings is 1. The van der Waals surface area contributed by atoms with Crippen LogP contribution in [0.1, 0.15) is 34.6 Å². The lowest BCUT2D eigenvalue weighted by atomic mass is 10.1. The Morgan fingerprint density at radius 1 is 1.24 bits per heavy atom. The average Bonchev–Trinajstić information content (AvgIpc) is 2.53. The van der Waals surface area contributed by atoms with E-state index < -0.39 is 12.1 Å². The number of carbonyl (C=O) groups excluding carboxylic acids is 1. The minimum Gasteiger partial charge on any atom is -0.487 e. The summed E-state index contributed by atoms with van der Waals surface area (Å²) in [6, 6.07) is 10.6. The van der Waals surface area contributed by atoms with Gasteiger partial charge < -0.3 is 14.6 Å². The van der Waals surface area contributed by atoms with Gasteiger partial charge in [0.2, 0.25) is 0 Å². The first-order chi connectivity index (χ1) is 10.1. The van der Waals surface area contributed by atoms with E-state index >= 15 is 0 Å². The van der Waals surface area contributed by atoms with E-state index in [0.717, 1.165) is 5.56 Å². The number of aliphatic hydroxyl groups is 1. The molecule has 0 aliphatic carbocycles. The van der Waals surface area contributed by atoms with Crippen LogP contribution in [0.4, 0.5) is 0 Å². The Morgan fingerprint density at radius 2 is 1.95 bits per heavy atom. The van der Waals surface area contributed by atoms with Gasteiger partial charge in [-0.3, -0.25) is 4.98 Å². The number of nitrogens with zero attached hydrogens (tertiary/aromatic N) is 1. The molecule has 0 spiro atoms. The van der Waals surface area contributed by atoms with Crippen molar-refractivity contribution in [2.24, 2.45) is 0 Å². The van der Waals surface area contributed by atoms with Crippen molar-refractivity contribution in [2.45, 2.75) is 19.6 Å². The smallest absolute Gasteiger partial charge is 0.339 e. The number of methoxy groups -OCH3 is 1. The third-order valence-electron chi connectivity index (χ3n) is 3.00. The van der Waals surface area contributed by atoms with Gasteiger partial charge in [0.1, 0.15) is 12.4 Å². The fraction of sp³-hybridized carbons (Fsp3) is 0.250. The lowest BCUT2D eigenvalue weighted by molar-refractivity contribution is 0.0600. The number of aromatic nitrogens is 1. The fourth-order valence-electron chi connectivity index (χ4n) is 1.75. The van der Waals surface area contributed by atoms with E-state index in [0.29, 0.717) is 23.6 Å². The first kappa shape index (κ1) is 15.0. The number of carbonyl (C=O) groups is 1. The largest absolute Gasteiger partial charge is 0.487 e. The van der Waals surface area contributed by atoms with Crippen LogP contribution < -0.4 is 4.74 Å². The molecular weight excluding hydrogens is 270 g/mol. The predicted molar refractivity (Wildman–Crippen MR) is 77.0 cm³/mol. The van der Waals surface area contributed by atoms with Gasteiger partial charge in [-0.15, -0.1) is 0 Å². The molecule has 21 heavy (non-hydrogen) atoms. The van der Waals surface area contributed by atoms with Crippen molar-refractivity contribution in [3.63, 3.8) is 0 Å². The number of pyridine rings is 1. The summed E-state index contributed by atoms with van der Waals surface area (Å²) in [4.78, 5) is 15.4. The average molecular weight is 287 g/mol. The number of rotatable bonds is 5. The topological polar surface area (TPSA) is 68.7 Å². The summed E-state index contributed by atoms with van der Waals surface area (Å²) in [6.07, 6.45) is 0.965. The van der Waals surface area contributed by atoms with E-state index in [1.54, 1.807) is 31.2 Å². The van der Waals surface area contributed by atoms with Crippen LogP contribution in [0.25, 0.3) is 0 Å². The zero-order chi connectivity index (χ0) is 15.2. The summed E-state index contributed by atoms with van der Waals surface area (Å²) in [6.45, 7) is 2.01. The lowest BCUT2D eigenvalue weighted by Crippen LogP contribution is -2.04. The van der Waals surface area contributed by atoms with Crippen LogP contribution in [-0.4, -0.2) is 23.2 Å². The van der Waals surface area contributed by atoms with Crippen molar-refractivity contribution < 1.29 is 19.4 Å². The molecule has 1 atom stereocenters. The quantitative estimate of drug-likeness (QED) is 0.856. The van der Waals surface area contributed by atoms with E-state index in [4.69, 9.17) is 4.74 Å². The second kappa shape index (κ2) is 6.85. The van der Waals surface area contributed by atoms with E-state index in [2.05, 4.69) is 9.72 Å². The maximum absolute atomic E-state index is 11.3. The normalized spacial score (nSPS) is 11.8. The minimum absolute atomic E-state index is 0.301. The van der Waals surface area contributed by atoms with Crippen molar-refractivity contribution in [1.82, 2.24) is 4.98 Å². The van der Waals surface area contributed by atoms with Crippen molar-refractivity contribution >= 4 is 5.97 Å². The fourth-order valence-corrected chi connectivity index (χ4v) is 1.75. The van der Waals surface area contributed by atoms with Gasteiger partial charge in [-0.1, -0.05) is 12.1 Å². The van der Waals surface area contributed by atoms with E-state index in [1.807, 2.05) is 12.1 Å². The monoisotopic (exact) mass is 287 g/mol. The van der Waals surface area contributed by atoms with Crippen LogP contribution in [0.15, 0.2) is 42.6 Å². The molecule has 0 bridgehead atoms. The third-order valence-corrected chi connectivity index (χ3v) is 3.00. The Labute approximate surface area is 123 Å². The van der Waals surface area contributed by atoms with E-state index in [-0.39, 0.29) is 0 Å². The Bertz CT molecular complexity index is 591. The second-order valence-corrected chi connectivity index (χ2v) is 4.56. The molecule has 1 aromatic heterocycles. The molecule has 5 heteroatoms. The molecule has 0 unspecified atom stereocenters. The number of ether oxygens (including phenoxy) is 2. The van der Waals surface area contributed by atoms with Gasteiger partial charge in [0.15, 0.2) is 0 Å². The maximum atomic E-state index is 11.3. The highest BCUT2D eigenvalue weighted by molar-refractivity contribution is 5.88. The van der Waals surface area contributed by atoms with Crippen LogP contribution in [0.5, 0.6) is 5.75 Å². The molecule has 0 aliphatic heterocycles. The van der Waals surface area contributed by atoms with Crippen molar-refractivity contribution in [3.05, 3.63) is 59.4 Å².